The topological polar surface area (TPSA) is 82.9 Å². The predicted octanol–water partition coefficient (Wildman–Crippen LogP) is 4.51. The van der Waals surface area contributed by atoms with Crippen molar-refractivity contribution in [1.82, 2.24) is 0 Å². The summed E-state index contributed by atoms with van der Waals surface area (Å²) in [5, 5.41) is 0.697. The van der Waals surface area contributed by atoms with Gasteiger partial charge in [0.15, 0.2) is 0 Å². The molecule has 0 spiro atoms. The van der Waals surface area contributed by atoms with Crippen LogP contribution in [0.25, 0.3) is 0 Å². The summed E-state index contributed by atoms with van der Waals surface area (Å²) in [5.41, 5.74) is 15.0. The van der Waals surface area contributed by atoms with Crippen LogP contribution in [0.15, 0.2) is 41.3 Å². The maximum atomic E-state index is 6.32. The molecule has 0 bridgehead atoms. The number of unbranched alkanes of at least 4 members (excludes halogenated alkanes) is 2. The number of hydrogen-bond acceptors (Lipinski definition) is 5. The van der Waals surface area contributed by atoms with E-state index in [2.05, 4.69) is 11.6 Å². The third kappa shape index (κ3) is 8.06. The third-order valence-corrected chi connectivity index (χ3v) is 4.64. The van der Waals surface area contributed by atoms with Gasteiger partial charge in [-0.2, -0.15) is 0 Å². The first-order valence-electron chi connectivity index (χ1n) is 9.30. The first-order chi connectivity index (χ1) is 12.9. The Bertz CT molecular complexity index is 684. The van der Waals surface area contributed by atoms with Crippen LogP contribution in [0.3, 0.4) is 0 Å². The molecule has 0 aliphatic heterocycles. The highest BCUT2D eigenvalue weighted by Crippen LogP contribution is 2.30. The number of halogens is 1. The monoisotopic (exact) mass is 393 g/mol. The molecule has 0 radical (unpaired) electrons. The highest BCUT2D eigenvalue weighted by Gasteiger charge is 2.14. The van der Waals surface area contributed by atoms with Gasteiger partial charge in [0.2, 0.25) is 0 Å². The van der Waals surface area contributed by atoms with Crippen LogP contribution in [0.2, 0.25) is 5.02 Å². The second-order valence-electron chi connectivity index (χ2n) is 6.31. The highest BCUT2D eigenvalue weighted by atomic mass is 35.5. The van der Waals surface area contributed by atoms with E-state index in [1.54, 1.807) is 6.20 Å². The molecule has 0 fully saturated rings. The first kappa shape index (κ1) is 23.1. The minimum Gasteiger partial charge on any atom is -0.493 e. The maximum Gasteiger partial charge on any atom is 0.123 e. The Morgan fingerprint density at radius 1 is 1.26 bits per heavy atom. The molecule has 0 aliphatic rings. The number of benzene rings is 1. The van der Waals surface area contributed by atoms with Crippen molar-refractivity contribution in [1.29, 1.82) is 0 Å². The number of allylic oxidation sites excluding steroid dienone is 1. The lowest BCUT2D eigenvalue weighted by atomic mass is 9.97. The fraction of sp³-hybridized carbons (Fsp3) is 0.476. The van der Waals surface area contributed by atoms with Crippen LogP contribution in [0.1, 0.15) is 44.2 Å². The average molecular weight is 394 g/mol. The van der Waals surface area contributed by atoms with Gasteiger partial charge in [-0.05, 0) is 69.5 Å². The first-order valence-corrected chi connectivity index (χ1v) is 9.67. The van der Waals surface area contributed by atoms with Crippen LogP contribution in [0, 0.1) is 6.92 Å². The zero-order valence-corrected chi connectivity index (χ0v) is 17.4. The van der Waals surface area contributed by atoms with E-state index < -0.39 is 0 Å². The Morgan fingerprint density at radius 3 is 2.59 bits per heavy atom. The van der Waals surface area contributed by atoms with E-state index >= 15 is 0 Å². The quantitative estimate of drug-likeness (QED) is 0.404. The Balaban J connectivity index is 2.83. The van der Waals surface area contributed by atoms with Gasteiger partial charge < -0.3 is 20.9 Å². The Kier molecular flexibility index (Phi) is 10.6. The second-order valence-corrected chi connectivity index (χ2v) is 6.72. The van der Waals surface area contributed by atoms with Gasteiger partial charge in [-0.1, -0.05) is 18.2 Å². The summed E-state index contributed by atoms with van der Waals surface area (Å²) in [4.78, 5) is 4.20. The molecule has 150 valence electrons. The van der Waals surface area contributed by atoms with Gasteiger partial charge in [-0.25, -0.2) is 4.99 Å². The number of rotatable bonds is 12. The molecule has 0 unspecified atom stereocenters. The predicted molar refractivity (Wildman–Crippen MR) is 114 cm³/mol. The van der Waals surface area contributed by atoms with E-state index in [1.807, 2.05) is 32.9 Å². The third-order valence-electron chi connectivity index (χ3n) is 4.23. The molecule has 5 nitrogen and oxygen atoms in total. The molecule has 0 saturated carbocycles. The van der Waals surface area contributed by atoms with Gasteiger partial charge in [0.1, 0.15) is 11.6 Å². The van der Waals surface area contributed by atoms with Crippen molar-refractivity contribution in [2.75, 3.05) is 19.8 Å². The zero-order chi connectivity index (χ0) is 20.2. The number of hydrogen-bond donors (Lipinski definition) is 2. The number of aliphatic imine (C=N–C) groups is 1. The van der Waals surface area contributed by atoms with Gasteiger partial charge in [-0.15, -0.1) is 0 Å². The van der Waals surface area contributed by atoms with E-state index in [9.17, 15) is 0 Å². The normalized spacial score (nSPS) is 12.3. The van der Waals surface area contributed by atoms with Crippen LogP contribution in [0.5, 0.6) is 5.75 Å². The van der Waals surface area contributed by atoms with E-state index in [0.29, 0.717) is 18.1 Å². The molecule has 4 N–H and O–H groups in total. The molecule has 0 atom stereocenters. The van der Waals surface area contributed by atoms with Crippen molar-refractivity contribution in [3.05, 3.63) is 52.5 Å². The SMILES string of the molecule is C=C(N)N=C(C)C(=CN)Cc1c(OCCCCCOCC)ccc(Cl)c1C. The standard InChI is InChI=1S/C21H32ClN3O2/c1-5-26-11-7-6-8-12-27-21-10-9-20(22)15(2)19(21)13-18(14-23)16(3)25-17(4)24/h9-10,14H,4-8,11-13,23-24H2,1-3H3. The lowest BCUT2D eigenvalue weighted by Crippen LogP contribution is -2.09. The van der Waals surface area contributed by atoms with E-state index in [1.165, 1.54) is 0 Å². The lowest BCUT2D eigenvalue weighted by molar-refractivity contribution is 0.141. The molecule has 1 aromatic rings. The van der Waals surface area contributed by atoms with E-state index in [0.717, 1.165) is 60.6 Å². The minimum absolute atomic E-state index is 0.248. The van der Waals surface area contributed by atoms with Crippen molar-refractivity contribution < 1.29 is 9.47 Å². The summed E-state index contributed by atoms with van der Waals surface area (Å²) in [6, 6.07) is 3.77. The van der Waals surface area contributed by atoms with E-state index in [-0.39, 0.29) is 5.82 Å². The zero-order valence-electron chi connectivity index (χ0n) is 16.7. The molecule has 27 heavy (non-hydrogen) atoms. The van der Waals surface area contributed by atoms with Gasteiger partial charge in [0.25, 0.3) is 0 Å². The molecule has 0 aromatic heterocycles. The molecule has 1 rings (SSSR count). The number of ether oxygens (including phenoxy) is 2. The van der Waals surface area contributed by atoms with E-state index in [4.69, 9.17) is 32.5 Å². The summed E-state index contributed by atoms with van der Waals surface area (Å²) in [6.07, 6.45) is 5.19. The Hall–Kier alpha value is -1.98. The van der Waals surface area contributed by atoms with Crippen molar-refractivity contribution in [3.8, 4) is 5.75 Å². The largest absolute Gasteiger partial charge is 0.493 e. The summed E-state index contributed by atoms with van der Waals surface area (Å²) in [6.45, 7) is 11.7. The van der Waals surface area contributed by atoms with Crippen LogP contribution < -0.4 is 16.2 Å². The lowest BCUT2D eigenvalue weighted by Gasteiger charge is -2.17. The van der Waals surface area contributed by atoms with Crippen LogP contribution in [0.4, 0.5) is 0 Å². The van der Waals surface area contributed by atoms with Gasteiger partial charge in [-0.3, -0.25) is 0 Å². The molecule has 6 heteroatoms. The summed E-state index contributed by atoms with van der Waals surface area (Å²) >= 11 is 6.32. The summed E-state index contributed by atoms with van der Waals surface area (Å²) < 4.78 is 11.4. The van der Waals surface area contributed by atoms with Crippen molar-refractivity contribution in [2.24, 2.45) is 16.5 Å². The van der Waals surface area contributed by atoms with Crippen LogP contribution in [-0.4, -0.2) is 25.5 Å². The van der Waals surface area contributed by atoms with Gasteiger partial charge in [0.05, 0.1) is 6.61 Å². The van der Waals surface area contributed by atoms with Crippen LogP contribution >= 0.6 is 11.6 Å². The number of nitrogens with two attached hydrogens (primary N) is 2. The smallest absolute Gasteiger partial charge is 0.123 e. The fourth-order valence-electron chi connectivity index (χ4n) is 2.65. The average Bonchev–Trinajstić information content (AvgIpc) is 2.62. The summed E-state index contributed by atoms with van der Waals surface area (Å²) in [5.74, 6) is 1.07. The van der Waals surface area contributed by atoms with Crippen molar-refractivity contribution in [3.63, 3.8) is 0 Å². The molecule has 0 amide bonds. The molecule has 0 saturated heterocycles. The molecule has 0 heterocycles. The van der Waals surface area contributed by atoms with Crippen molar-refractivity contribution in [2.45, 2.75) is 46.5 Å². The maximum absolute atomic E-state index is 6.32. The molecular formula is C21H32ClN3O2. The fourth-order valence-corrected chi connectivity index (χ4v) is 2.83. The minimum atomic E-state index is 0.248. The summed E-state index contributed by atoms with van der Waals surface area (Å²) in [7, 11) is 0. The van der Waals surface area contributed by atoms with Crippen molar-refractivity contribution >= 4 is 17.3 Å². The Morgan fingerprint density at radius 2 is 1.96 bits per heavy atom. The highest BCUT2D eigenvalue weighted by molar-refractivity contribution is 6.31. The number of nitrogens with zero attached hydrogens (tertiary/aromatic N) is 1. The second kappa shape index (κ2) is 12.4. The van der Waals surface area contributed by atoms with Gasteiger partial charge in [0, 0.05) is 35.9 Å². The molecule has 0 aliphatic carbocycles. The molecule has 1 aromatic carbocycles. The Labute approximate surface area is 168 Å². The van der Waals surface area contributed by atoms with Gasteiger partial charge >= 0.3 is 0 Å². The molecular weight excluding hydrogens is 362 g/mol. The van der Waals surface area contributed by atoms with Crippen LogP contribution in [-0.2, 0) is 11.2 Å².